The van der Waals surface area contributed by atoms with Crippen LogP contribution in [-0.4, -0.2) is 34.3 Å². The number of nitrogens with one attached hydrogen (secondary N) is 2. The fourth-order valence-electron chi connectivity index (χ4n) is 3.89. The van der Waals surface area contributed by atoms with Crippen LogP contribution in [0.25, 0.3) is 10.9 Å². The SMILES string of the molecule is Cc1cc(C(=O)N2CCCCC2C)ccc1NC(=O)c1ccc2cc[nH]c2c1. The number of H-pyrrole nitrogens is 1. The number of fused-ring (bicyclic) bond motifs is 1. The van der Waals surface area contributed by atoms with E-state index in [1.54, 1.807) is 6.07 Å². The first-order valence-corrected chi connectivity index (χ1v) is 9.83. The second-order valence-electron chi connectivity index (χ2n) is 7.61. The van der Waals surface area contributed by atoms with Gasteiger partial charge in [-0.15, -0.1) is 0 Å². The largest absolute Gasteiger partial charge is 0.361 e. The molecule has 0 aliphatic carbocycles. The van der Waals surface area contributed by atoms with E-state index in [0.29, 0.717) is 11.1 Å². The quantitative estimate of drug-likeness (QED) is 0.694. The van der Waals surface area contributed by atoms with Gasteiger partial charge in [-0.25, -0.2) is 0 Å². The summed E-state index contributed by atoms with van der Waals surface area (Å²) in [7, 11) is 0. The number of benzene rings is 2. The lowest BCUT2D eigenvalue weighted by molar-refractivity contribution is 0.0635. The molecule has 2 aromatic carbocycles. The van der Waals surface area contributed by atoms with E-state index in [1.165, 1.54) is 6.42 Å². The van der Waals surface area contributed by atoms with Crippen molar-refractivity contribution in [2.45, 2.75) is 39.2 Å². The van der Waals surface area contributed by atoms with E-state index in [2.05, 4.69) is 17.2 Å². The maximum absolute atomic E-state index is 12.9. The Hall–Kier alpha value is -3.08. The number of aromatic amines is 1. The van der Waals surface area contributed by atoms with Gasteiger partial charge in [0, 0.05) is 41.1 Å². The van der Waals surface area contributed by atoms with Crippen LogP contribution >= 0.6 is 0 Å². The zero-order valence-electron chi connectivity index (χ0n) is 16.3. The highest BCUT2D eigenvalue weighted by Gasteiger charge is 2.24. The molecule has 2 N–H and O–H groups in total. The third-order valence-electron chi connectivity index (χ3n) is 5.60. The Bertz CT molecular complexity index is 1040. The van der Waals surface area contributed by atoms with Crippen molar-refractivity contribution in [2.75, 3.05) is 11.9 Å². The monoisotopic (exact) mass is 375 g/mol. The van der Waals surface area contributed by atoms with Crippen LogP contribution in [0.2, 0.25) is 0 Å². The number of aromatic nitrogens is 1. The lowest BCUT2D eigenvalue weighted by atomic mass is 10.0. The molecule has 3 aromatic rings. The van der Waals surface area contributed by atoms with Crippen LogP contribution in [-0.2, 0) is 0 Å². The number of amides is 2. The van der Waals surface area contributed by atoms with E-state index in [9.17, 15) is 9.59 Å². The summed E-state index contributed by atoms with van der Waals surface area (Å²) in [6, 6.07) is 13.3. The second-order valence-corrected chi connectivity index (χ2v) is 7.61. The summed E-state index contributed by atoms with van der Waals surface area (Å²) in [5, 5.41) is 4.03. The number of piperidine rings is 1. The third kappa shape index (κ3) is 3.52. The van der Waals surface area contributed by atoms with Gasteiger partial charge in [-0.3, -0.25) is 9.59 Å². The molecule has 1 saturated heterocycles. The van der Waals surface area contributed by atoms with Gasteiger partial charge < -0.3 is 15.2 Å². The minimum atomic E-state index is -0.164. The predicted octanol–water partition coefficient (Wildman–Crippen LogP) is 4.74. The number of hydrogen-bond donors (Lipinski definition) is 2. The molecule has 1 aromatic heterocycles. The summed E-state index contributed by atoms with van der Waals surface area (Å²) < 4.78 is 0. The van der Waals surface area contributed by atoms with Gasteiger partial charge in [0.15, 0.2) is 0 Å². The highest BCUT2D eigenvalue weighted by atomic mass is 16.2. The first-order valence-electron chi connectivity index (χ1n) is 9.83. The Morgan fingerprint density at radius 3 is 2.68 bits per heavy atom. The molecule has 0 spiro atoms. The Morgan fingerprint density at radius 2 is 1.89 bits per heavy atom. The predicted molar refractivity (Wildman–Crippen MR) is 112 cm³/mol. The summed E-state index contributed by atoms with van der Waals surface area (Å²) in [5.74, 6) is -0.0892. The van der Waals surface area contributed by atoms with Crippen LogP contribution in [0.1, 0.15) is 52.5 Å². The lowest BCUT2D eigenvalue weighted by Gasteiger charge is -2.33. The van der Waals surface area contributed by atoms with Crippen LogP contribution in [0, 0.1) is 6.92 Å². The van der Waals surface area contributed by atoms with Crippen molar-refractivity contribution in [2.24, 2.45) is 0 Å². The van der Waals surface area contributed by atoms with Crippen molar-refractivity contribution >= 4 is 28.4 Å². The third-order valence-corrected chi connectivity index (χ3v) is 5.60. The van der Waals surface area contributed by atoms with Gasteiger partial charge in [0.25, 0.3) is 11.8 Å². The lowest BCUT2D eigenvalue weighted by Crippen LogP contribution is -2.42. The number of carbonyl (C=O) groups is 2. The molecule has 1 aliphatic heterocycles. The highest BCUT2D eigenvalue weighted by Crippen LogP contribution is 2.23. The molecule has 144 valence electrons. The van der Waals surface area contributed by atoms with E-state index in [0.717, 1.165) is 41.5 Å². The normalized spacial score (nSPS) is 16.9. The molecule has 0 radical (unpaired) electrons. The molecule has 28 heavy (non-hydrogen) atoms. The fraction of sp³-hybridized carbons (Fsp3) is 0.304. The summed E-state index contributed by atoms with van der Waals surface area (Å²) in [6.45, 7) is 4.85. The number of hydrogen-bond acceptors (Lipinski definition) is 2. The van der Waals surface area contributed by atoms with Gasteiger partial charge in [0.1, 0.15) is 0 Å². The van der Waals surface area contributed by atoms with Gasteiger partial charge in [-0.05, 0) is 80.5 Å². The number of nitrogens with zero attached hydrogens (tertiary/aromatic N) is 1. The Morgan fingerprint density at radius 1 is 1.07 bits per heavy atom. The van der Waals surface area contributed by atoms with Crippen LogP contribution in [0.5, 0.6) is 0 Å². The molecule has 0 bridgehead atoms. The van der Waals surface area contributed by atoms with Gasteiger partial charge in [-0.2, -0.15) is 0 Å². The summed E-state index contributed by atoms with van der Waals surface area (Å²) >= 11 is 0. The van der Waals surface area contributed by atoms with Crippen LogP contribution in [0.3, 0.4) is 0 Å². The Kier molecular flexibility index (Phi) is 4.90. The smallest absolute Gasteiger partial charge is 0.255 e. The molecule has 5 heteroatoms. The first-order chi connectivity index (χ1) is 13.5. The molecule has 1 unspecified atom stereocenters. The van der Waals surface area contributed by atoms with Crippen LogP contribution < -0.4 is 5.32 Å². The highest BCUT2D eigenvalue weighted by molar-refractivity contribution is 6.06. The van der Waals surface area contributed by atoms with Crippen molar-refractivity contribution in [1.82, 2.24) is 9.88 Å². The fourth-order valence-corrected chi connectivity index (χ4v) is 3.89. The molecule has 2 amide bonds. The number of rotatable bonds is 3. The average molecular weight is 375 g/mol. The van der Waals surface area contributed by atoms with Crippen LogP contribution in [0.15, 0.2) is 48.7 Å². The molecule has 1 aliphatic rings. The maximum Gasteiger partial charge on any atom is 0.255 e. The second kappa shape index (κ2) is 7.50. The van der Waals surface area contributed by atoms with Crippen molar-refractivity contribution in [1.29, 1.82) is 0 Å². The Labute approximate surface area is 164 Å². The summed E-state index contributed by atoms with van der Waals surface area (Å²) in [6.07, 6.45) is 5.16. The number of aryl methyl sites for hydroxylation is 1. The van der Waals surface area contributed by atoms with E-state index in [4.69, 9.17) is 0 Å². The Balaban J connectivity index is 1.51. The molecule has 2 heterocycles. The first kappa shape index (κ1) is 18.3. The molecular formula is C23H25N3O2. The van der Waals surface area contributed by atoms with E-state index in [-0.39, 0.29) is 17.9 Å². The number of likely N-dealkylation sites (tertiary alicyclic amines) is 1. The van der Waals surface area contributed by atoms with E-state index >= 15 is 0 Å². The van der Waals surface area contributed by atoms with Crippen molar-refractivity contribution < 1.29 is 9.59 Å². The maximum atomic E-state index is 12.9. The van der Waals surface area contributed by atoms with Crippen molar-refractivity contribution in [3.63, 3.8) is 0 Å². The topological polar surface area (TPSA) is 65.2 Å². The zero-order chi connectivity index (χ0) is 19.7. The molecule has 1 fully saturated rings. The van der Waals surface area contributed by atoms with Crippen molar-refractivity contribution in [3.8, 4) is 0 Å². The molecule has 5 nitrogen and oxygen atoms in total. The van der Waals surface area contributed by atoms with Gasteiger partial charge in [-0.1, -0.05) is 6.07 Å². The molecular weight excluding hydrogens is 350 g/mol. The van der Waals surface area contributed by atoms with Gasteiger partial charge in [0.05, 0.1) is 0 Å². The van der Waals surface area contributed by atoms with Crippen molar-refractivity contribution in [3.05, 3.63) is 65.4 Å². The van der Waals surface area contributed by atoms with E-state index < -0.39 is 0 Å². The van der Waals surface area contributed by atoms with Crippen LogP contribution in [0.4, 0.5) is 5.69 Å². The zero-order valence-corrected chi connectivity index (χ0v) is 16.3. The minimum Gasteiger partial charge on any atom is -0.361 e. The van der Waals surface area contributed by atoms with Gasteiger partial charge >= 0.3 is 0 Å². The minimum absolute atomic E-state index is 0.0744. The average Bonchev–Trinajstić information content (AvgIpc) is 3.17. The number of anilines is 1. The molecule has 1 atom stereocenters. The molecule has 4 rings (SSSR count). The summed E-state index contributed by atoms with van der Waals surface area (Å²) in [4.78, 5) is 30.6. The molecule has 0 saturated carbocycles. The van der Waals surface area contributed by atoms with E-state index in [1.807, 2.05) is 54.4 Å². The standard InChI is InChI=1S/C23H25N3O2/c1-15-13-19(23(28)26-12-4-3-5-16(26)2)8-9-20(15)25-22(27)18-7-6-17-10-11-24-21(17)14-18/h6-11,13-14,16,24H,3-5,12H2,1-2H3,(H,25,27). The summed E-state index contributed by atoms with van der Waals surface area (Å²) in [5.41, 5.74) is 3.80. The number of carbonyl (C=O) groups excluding carboxylic acids is 2. The van der Waals surface area contributed by atoms with Gasteiger partial charge in [0.2, 0.25) is 0 Å².